The Hall–Kier alpha value is -1.83. The van der Waals surface area contributed by atoms with Crippen LogP contribution >= 0.6 is 0 Å². The molecule has 0 aromatic heterocycles. The SMILES string of the molecule is Cc1cccc(F)c1NCc1ccc(C(C)C)cc1. The van der Waals surface area contributed by atoms with Gasteiger partial charge in [-0.15, -0.1) is 0 Å². The summed E-state index contributed by atoms with van der Waals surface area (Å²) in [4.78, 5) is 0. The fourth-order valence-corrected chi connectivity index (χ4v) is 2.07. The molecule has 2 heteroatoms. The van der Waals surface area contributed by atoms with Crippen molar-refractivity contribution in [2.24, 2.45) is 0 Å². The molecule has 0 aliphatic rings. The van der Waals surface area contributed by atoms with Crippen LogP contribution in [-0.4, -0.2) is 0 Å². The van der Waals surface area contributed by atoms with Gasteiger partial charge in [-0.2, -0.15) is 0 Å². The van der Waals surface area contributed by atoms with E-state index in [2.05, 4.69) is 43.4 Å². The van der Waals surface area contributed by atoms with Crippen LogP contribution in [0.4, 0.5) is 10.1 Å². The zero-order valence-electron chi connectivity index (χ0n) is 11.7. The van der Waals surface area contributed by atoms with E-state index < -0.39 is 0 Å². The smallest absolute Gasteiger partial charge is 0.146 e. The number of nitrogens with one attached hydrogen (secondary N) is 1. The lowest BCUT2D eigenvalue weighted by molar-refractivity contribution is 0.629. The minimum absolute atomic E-state index is 0.196. The lowest BCUT2D eigenvalue weighted by Gasteiger charge is -2.11. The lowest BCUT2D eigenvalue weighted by Crippen LogP contribution is -2.03. The van der Waals surface area contributed by atoms with E-state index >= 15 is 0 Å². The molecule has 0 saturated carbocycles. The molecule has 2 aromatic carbocycles. The van der Waals surface area contributed by atoms with Gasteiger partial charge in [0.2, 0.25) is 0 Å². The fraction of sp³-hybridized carbons (Fsp3) is 0.294. The van der Waals surface area contributed by atoms with Crippen LogP contribution in [-0.2, 0) is 6.54 Å². The molecule has 1 N–H and O–H groups in total. The molecule has 0 fully saturated rings. The molecule has 100 valence electrons. The van der Waals surface area contributed by atoms with Gasteiger partial charge in [0.05, 0.1) is 5.69 Å². The van der Waals surface area contributed by atoms with Crippen LogP contribution in [0.2, 0.25) is 0 Å². The highest BCUT2D eigenvalue weighted by Crippen LogP contribution is 2.20. The average Bonchev–Trinajstić information content (AvgIpc) is 2.38. The van der Waals surface area contributed by atoms with Crippen LogP contribution in [0.5, 0.6) is 0 Å². The number of para-hydroxylation sites is 1. The Morgan fingerprint density at radius 1 is 1.05 bits per heavy atom. The number of aryl methyl sites for hydroxylation is 1. The molecule has 0 atom stereocenters. The van der Waals surface area contributed by atoms with Gasteiger partial charge in [0.15, 0.2) is 0 Å². The topological polar surface area (TPSA) is 12.0 Å². The third-order valence-electron chi connectivity index (χ3n) is 3.34. The predicted molar refractivity (Wildman–Crippen MR) is 79.0 cm³/mol. The molecular formula is C17H20FN. The summed E-state index contributed by atoms with van der Waals surface area (Å²) in [7, 11) is 0. The molecule has 0 saturated heterocycles. The first-order valence-electron chi connectivity index (χ1n) is 6.65. The van der Waals surface area contributed by atoms with E-state index in [4.69, 9.17) is 0 Å². The zero-order valence-corrected chi connectivity index (χ0v) is 11.7. The maximum atomic E-state index is 13.7. The summed E-state index contributed by atoms with van der Waals surface area (Å²) in [5.41, 5.74) is 4.01. The number of anilines is 1. The van der Waals surface area contributed by atoms with Crippen LogP contribution in [0.25, 0.3) is 0 Å². The van der Waals surface area contributed by atoms with Gasteiger partial charge in [-0.25, -0.2) is 4.39 Å². The van der Waals surface area contributed by atoms with E-state index in [0.717, 1.165) is 11.1 Å². The van der Waals surface area contributed by atoms with Gasteiger partial charge >= 0.3 is 0 Å². The first-order valence-corrected chi connectivity index (χ1v) is 6.65. The van der Waals surface area contributed by atoms with Crippen molar-refractivity contribution in [3.8, 4) is 0 Å². The van der Waals surface area contributed by atoms with E-state index in [1.165, 1.54) is 11.6 Å². The summed E-state index contributed by atoms with van der Waals surface area (Å²) in [6.45, 7) is 6.90. The first kappa shape index (κ1) is 13.6. The number of hydrogen-bond donors (Lipinski definition) is 1. The van der Waals surface area contributed by atoms with Gasteiger partial charge in [-0.3, -0.25) is 0 Å². The largest absolute Gasteiger partial charge is 0.378 e. The molecule has 19 heavy (non-hydrogen) atoms. The molecule has 0 aliphatic heterocycles. The van der Waals surface area contributed by atoms with Crippen LogP contribution in [0.15, 0.2) is 42.5 Å². The second-order valence-electron chi connectivity index (χ2n) is 5.18. The summed E-state index contributed by atoms with van der Waals surface area (Å²) >= 11 is 0. The molecule has 2 rings (SSSR count). The maximum Gasteiger partial charge on any atom is 0.146 e. The monoisotopic (exact) mass is 257 g/mol. The summed E-state index contributed by atoms with van der Waals surface area (Å²) < 4.78 is 13.7. The van der Waals surface area contributed by atoms with Crippen molar-refractivity contribution in [3.63, 3.8) is 0 Å². The van der Waals surface area contributed by atoms with E-state index in [9.17, 15) is 4.39 Å². The minimum Gasteiger partial charge on any atom is -0.378 e. The molecular weight excluding hydrogens is 237 g/mol. The van der Waals surface area contributed by atoms with Gasteiger partial charge in [0.1, 0.15) is 5.82 Å². The Morgan fingerprint density at radius 2 is 1.74 bits per heavy atom. The summed E-state index contributed by atoms with van der Waals surface area (Å²) in [5, 5.41) is 3.17. The van der Waals surface area contributed by atoms with Crippen molar-refractivity contribution >= 4 is 5.69 Å². The Labute approximate surface area is 114 Å². The highest BCUT2D eigenvalue weighted by Gasteiger charge is 2.04. The van der Waals surface area contributed by atoms with Crippen molar-refractivity contribution in [3.05, 3.63) is 65.0 Å². The lowest BCUT2D eigenvalue weighted by atomic mass is 10.0. The van der Waals surface area contributed by atoms with Gasteiger partial charge in [-0.1, -0.05) is 50.2 Å². The van der Waals surface area contributed by atoms with Crippen molar-refractivity contribution in [1.82, 2.24) is 0 Å². The van der Waals surface area contributed by atoms with E-state index in [1.54, 1.807) is 6.07 Å². The highest BCUT2D eigenvalue weighted by molar-refractivity contribution is 5.52. The third kappa shape index (κ3) is 3.34. The summed E-state index contributed by atoms with van der Waals surface area (Å²) in [5.74, 6) is 0.342. The molecule has 0 bridgehead atoms. The number of benzene rings is 2. The van der Waals surface area contributed by atoms with Crippen LogP contribution in [0.1, 0.15) is 36.5 Å². The normalized spacial score (nSPS) is 10.8. The van der Waals surface area contributed by atoms with Gasteiger partial charge in [-0.05, 0) is 35.6 Å². The Morgan fingerprint density at radius 3 is 2.32 bits per heavy atom. The second-order valence-corrected chi connectivity index (χ2v) is 5.18. The van der Waals surface area contributed by atoms with Gasteiger partial charge in [0.25, 0.3) is 0 Å². The molecule has 0 radical (unpaired) electrons. The number of rotatable bonds is 4. The van der Waals surface area contributed by atoms with E-state index in [-0.39, 0.29) is 5.82 Å². The molecule has 0 unspecified atom stereocenters. The number of halogens is 1. The molecule has 1 nitrogen and oxygen atoms in total. The fourth-order valence-electron chi connectivity index (χ4n) is 2.07. The third-order valence-corrected chi connectivity index (χ3v) is 3.34. The quantitative estimate of drug-likeness (QED) is 0.824. The van der Waals surface area contributed by atoms with Gasteiger partial charge < -0.3 is 5.32 Å². The Bertz CT molecular complexity index is 523. The van der Waals surface area contributed by atoms with Crippen molar-refractivity contribution in [1.29, 1.82) is 0 Å². The zero-order chi connectivity index (χ0) is 13.8. The highest BCUT2D eigenvalue weighted by atomic mass is 19.1. The molecule has 0 spiro atoms. The minimum atomic E-state index is -0.196. The summed E-state index contributed by atoms with van der Waals surface area (Å²) in [6.07, 6.45) is 0. The van der Waals surface area contributed by atoms with Crippen LogP contribution in [0.3, 0.4) is 0 Å². The van der Waals surface area contributed by atoms with E-state index in [1.807, 2.05) is 13.0 Å². The van der Waals surface area contributed by atoms with Crippen molar-refractivity contribution < 1.29 is 4.39 Å². The average molecular weight is 257 g/mol. The predicted octanol–water partition coefficient (Wildman–Crippen LogP) is 4.87. The first-order chi connectivity index (χ1) is 9.08. The van der Waals surface area contributed by atoms with Crippen LogP contribution in [0, 0.1) is 12.7 Å². The van der Waals surface area contributed by atoms with Crippen molar-refractivity contribution in [2.45, 2.75) is 33.2 Å². The molecule has 2 aromatic rings. The Kier molecular flexibility index (Phi) is 4.20. The van der Waals surface area contributed by atoms with Crippen molar-refractivity contribution in [2.75, 3.05) is 5.32 Å². The maximum absolute atomic E-state index is 13.7. The van der Waals surface area contributed by atoms with Gasteiger partial charge in [0, 0.05) is 6.54 Å². The molecule has 0 aliphatic carbocycles. The standard InChI is InChI=1S/C17H20FN/c1-12(2)15-9-7-14(8-10-15)11-19-17-13(3)5-4-6-16(17)18/h4-10,12,19H,11H2,1-3H3. The Balaban J connectivity index is 2.06. The van der Waals surface area contributed by atoms with Crippen LogP contribution < -0.4 is 5.32 Å². The number of hydrogen-bond acceptors (Lipinski definition) is 1. The second kappa shape index (κ2) is 5.87. The molecule has 0 amide bonds. The summed E-state index contributed by atoms with van der Waals surface area (Å²) in [6, 6.07) is 13.6. The molecule has 0 heterocycles. The van der Waals surface area contributed by atoms with E-state index in [0.29, 0.717) is 18.2 Å².